The van der Waals surface area contributed by atoms with E-state index in [1.54, 1.807) is 17.8 Å². The molecular weight excluding hydrogens is 293 g/mol. The summed E-state index contributed by atoms with van der Waals surface area (Å²) in [6.45, 7) is 2.14. The third-order valence-corrected chi connectivity index (χ3v) is 4.92. The fraction of sp³-hybridized carbons (Fsp3) is 0.538. The molecule has 0 aliphatic heterocycles. The maximum atomic E-state index is 12.5. The molecule has 1 aromatic rings. The summed E-state index contributed by atoms with van der Waals surface area (Å²) >= 11 is 3.14. The molecule has 19 heavy (non-hydrogen) atoms. The van der Waals surface area contributed by atoms with Crippen LogP contribution in [-0.2, 0) is 6.18 Å². The highest BCUT2D eigenvalue weighted by molar-refractivity contribution is 8.02. The normalized spacial score (nSPS) is 13.5. The van der Waals surface area contributed by atoms with Crippen LogP contribution in [0.1, 0.15) is 12.5 Å². The first-order chi connectivity index (χ1) is 8.93. The van der Waals surface area contributed by atoms with Crippen molar-refractivity contribution in [3.05, 3.63) is 29.8 Å². The molecule has 0 saturated heterocycles. The van der Waals surface area contributed by atoms with Gasteiger partial charge in [-0.3, -0.25) is 0 Å². The van der Waals surface area contributed by atoms with E-state index in [1.807, 2.05) is 6.92 Å². The minimum atomic E-state index is -4.28. The van der Waals surface area contributed by atoms with Crippen molar-refractivity contribution in [1.29, 1.82) is 0 Å². The Bertz CT molecular complexity index is 382. The van der Waals surface area contributed by atoms with Crippen molar-refractivity contribution in [3.63, 3.8) is 0 Å². The maximum absolute atomic E-state index is 12.5. The van der Waals surface area contributed by atoms with Crippen LogP contribution in [0, 0.1) is 5.92 Å². The van der Waals surface area contributed by atoms with Crippen LogP contribution >= 0.6 is 23.5 Å². The molecule has 1 unspecified atom stereocenters. The molecule has 0 spiro atoms. The quantitative estimate of drug-likeness (QED) is 0.603. The number of hydrogen-bond donors (Lipinski definition) is 1. The van der Waals surface area contributed by atoms with Gasteiger partial charge in [-0.05, 0) is 29.9 Å². The van der Waals surface area contributed by atoms with Gasteiger partial charge in [0.2, 0.25) is 0 Å². The Hall–Kier alpha value is -0.330. The molecule has 0 amide bonds. The highest BCUT2D eigenvalue weighted by Gasteiger charge is 2.30. The van der Waals surface area contributed by atoms with Crippen LogP contribution in [-0.4, -0.2) is 29.0 Å². The molecule has 0 saturated carbocycles. The average molecular weight is 310 g/mol. The number of rotatable bonds is 7. The first kappa shape index (κ1) is 16.7. The zero-order valence-corrected chi connectivity index (χ0v) is 12.2. The minimum Gasteiger partial charge on any atom is -0.396 e. The van der Waals surface area contributed by atoms with Gasteiger partial charge in [0.05, 0.1) is 5.56 Å². The number of thioether (sulfide) groups is 2. The van der Waals surface area contributed by atoms with E-state index in [2.05, 4.69) is 0 Å². The molecule has 1 nitrogen and oxygen atoms in total. The van der Waals surface area contributed by atoms with Crippen molar-refractivity contribution < 1.29 is 18.3 Å². The van der Waals surface area contributed by atoms with Crippen LogP contribution in [0.2, 0.25) is 0 Å². The van der Waals surface area contributed by atoms with Gasteiger partial charge in [0.15, 0.2) is 0 Å². The molecule has 1 rings (SSSR count). The first-order valence-electron chi connectivity index (χ1n) is 5.92. The molecule has 0 aliphatic carbocycles. The summed E-state index contributed by atoms with van der Waals surface area (Å²) in [5.74, 6) is 2.78. The van der Waals surface area contributed by atoms with Gasteiger partial charge in [-0.25, -0.2) is 0 Å². The number of aliphatic hydroxyl groups is 1. The zero-order valence-electron chi connectivity index (χ0n) is 10.6. The van der Waals surface area contributed by atoms with E-state index in [0.717, 1.165) is 23.3 Å². The summed E-state index contributed by atoms with van der Waals surface area (Å²) in [7, 11) is 0. The molecule has 0 radical (unpaired) electrons. The number of halogens is 3. The Morgan fingerprint density at radius 3 is 2.63 bits per heavy atom. The summed E-state index contributed by atoms with van der Waals surface area (Å²) in [4.78, 5) is 0.644. The van der Waals surface area contributed by atoms with E-state index in [9.17, 15) is 13.2 Å². The van der Waals surface area contributed by atoms with Crippen molar-refractivity contribution in [1.82, 2.24) is 0 Å². The largest absolute Gasteiger partial charge is 0.416 e. The second-order valence-corrected chi connectivity index (χ2v) is 6.55. The number of benzene rings is 1. The molecule has 1 N–H and O–H groups in total. The van der Waals surface area contributed by atoms with E-state index in [1.165, 1.54) is 23.9 Å². The molecule has 0 aliphatic rings. The topological polar surface area (TPSA) is 20.2 Å². The first-order valence-corrected chi connectivity index (χ1v) is 8.06. The summed E-state index contributed by atoms with van der Waals surface area (Å²) < 4.78 is 37.5. The van der Waals surface area contributed by atoms with Gasteiger partial charge in [0.1, 0.15) is 0 Å². The Labute approximate surface area is 120 Å². The van der Waals surface area contributed by atoms with Gasteiger partial charge in [0.25, 0.3) is 0 Å². The molecule has 0 fully saturated rings. The van der Waals surface area contributed by atoms with Crippen molar-refractivity contribution >= 4 is 23.5 Å². The van der Waals surface area contributed by atoms with Crippen LogP contribution < -0.4 is 0 Å². The zero-order chi connectivity index (χ0) is 14.3. The molecule has 108 valence electrons. The van der Waals surface area contributed by atoms with Crippen LogP contribution in [0.5, 0.6) is 0 Å². The van der Waals surface area contributed by atoms with Crippen molar-refractivity contribution in [2.45, 2.75) is 18.0 Å². The summed E-state index contributed by atoms with van der Waals surface area (Å²) in [6, 6.07) is 5.40. The van der Waals surface area contributed by atoms with Crippen molar-refractivity contribution in [3.8, 4) is 0 Å². The standard InChI is InChI=1S/C13H17F3OS2/c1-10(8-17)9-18-5-6-19-12-4-2-3-11(7-12)13(14,15)16/h2-4,7,10,17H,5-6,8-9H2,1H3. The van der Waals surface area contributed by atoms with Crippen LogP contribution in [0.3, 0.4) is 0 Å². The van der Waals surface area contributed by atoms with Gasteiger partial charge in [-0.15, -0.1) is 11.8 Å². The Morgan fingerprint density at radius 2 is 2.00 bits per heavy atom. The van der Waals surface area contributed by atoms with E-state index in [4.69, 9.17) is 5.11 Å². The molecule has 0 aromatic heterocycles. The third-order valence-electron chi connectivity index (χ3n) is 2.37. The molecule has 6 heteroatoms. The number of alkyl halides is 3. The Morgan fingerprint density at radius 1 is 1.26 bits per heavy atom. The SMILES string of the molecule is CC(CO)CSCCSc1cccc(C(F)(F)F)c1. The van der Waals surface area contributed by atoms with Gasteiger partial charge in [-0.1, -0.05) is 13.0 Å². The van der Waals surface area contributed by atoms with Gasteiger partial charge >= 0.3 is 6.18 Å². The minimum absolute atomic E-state index is 0.174. The van der Waals surface area contributed by atoms with E-state index in [0.29, 0.717) is 4.90 Å². The second-order valence-electron chi connectivity index (χ2n) is 4.24. The fourth-order valence-electron chi connectivity index (χ4n) is 1.32. The highest BCUT2D eigenvalue weighted by atomic mass is 32.2. The molecule has 1 aromatic carbocycles. The Balaban J connectivity index is 2.34. The van der Waals surface area contributed by atoms with Gasteiger partial charge < -0.3 is 5.11 Å². The summed E-state index contributed by atoms with van der Waals surface area (Å²) in [5, 5.41) is 8.85. The lowest BCUT2D eigenvalue weighted by molar-refractivity contribution is -0.137. The molecule has 1 atom stereocenters. The lowest BCUT2D eigenvalue weighted by Crippen LogP contribution is -2.05. The fourth-order valence-corrected chi connectivity index (χ4v) is 3.42. The average Bonchev–Trinajstić information content (AvgIpc) is 2.37. The molecule has 0 bridgehead atoms. The van der Waals surface area contributed by atoms with Crippen LogP contribution in [0.25, 0.3) is 0 Å². The lowest BCUT2D eigenvalue weighted by Gasteiger charge is -2.09. The lowest BCUT2D eigenvalue weighted by atomic mass is 10.2. The number of hydrogen-bond acceptors (Lipinski definition) is 3. The van der Waals surface area contributed by atoms with E-state index >= 15 is 0 Å². The van der Waals surface area contributed by atoms with Crippen LogP contribution in [0.4, 0.5) is 13.2 Å². The summed E-state index contributed by atoms with van der Waals surface area (Å²) in [6.07, 6.45) is -4.28. The predicted octanol–water partition coefficient (Wildman–Crippen LogP) is 4.16. The monoisotopic (exact) mass is 310 g/mol. The maximum Gasteiger partial charge on any atom is 0.416 e. The van der Waals surface area contributed by atoms with Gasteiger partial charge in [0, 0.05) is 23.0 Å². The second kappa shape index (κ2) is 8.07. The molecular formula is C13H17F3OS2. The highest BCUT2D eigenvalue weighted by Crippen LogP contribution is 2.32. The Kier molecular flexibility index (Phi) is 7.10. The van der Waals surface area contributed by atoms with Crippen molar-refractivity contribution in [2.75, 3.05) is 23.9 Å². The number of aliphatic hydroxyl groups excluding tert-OH is 1. The third kappa shape index (κ3) is 6.58. The smallest absolute Gasteiger partial charge is 0.396 e. The summed E-state index contributed by atoms with van der Waals surface area (Å²) in [5.41, 5.74) is -0.598. The van der Waals surface area contributed by atoms with Gasteiger partial charge in [-0.2, -0.15) is 24.9 Å². The van der Waals surface area contributed by atoms with Crippen LogP contribution in [0.15, 0.2) is 29.2 Å². The van der Waals surface area contributed by atoms with E-state index < -0.39 is 11.7 Å². The predicted molar refractivity (Wildman–Crippen MR) is 75.7 cm³/mol. The van der Waals surface area contributed by atoms with Crippen molar-refractivity contribution in [2.24, 2.45) is 5.92 Å². The van der Waals surface area contributed by atoms with E-state index in [-0.39, 0.29) is 12.5 Å². The molecule has 0 heterocycles.